The van der Waals surface area contributed by atoms with Gasteiger partial charge in [-0.05, 0) is 31.7 Å². The molecule has 2 heterocycles. The Hall–Kier alpha value is -1.00. The van der Waals surface area contributed by atoms with E-state index in [1.807, 2.05) is 0 Å². The van der Waals surface area contributed by atoms with Gasteiger partial charge in [0.1, 0.15) is 5.82 Å². The Morgan fingerprint density at radius 1 is 1.28 bits per heavy atom. The Morgan fingerprint density at radius 2 is 1.89 bits per heavy atom. The Balaban J connectivity index is 1.98. The van der Waals surface area contributed by atoms with Crippen LogP contribution in [-0.2, 0) is 0 Å². The highest BCUT2D eigenvalue weighted by atomic mass is 35.5. The molecule has 2 atom stereocenters. The second-order valence-corrected chi connectivity index (χ2v) is 5.65. The highest BCUT2D eigenvalue weighted by Gasteiger charge is 2.41. The molecule has 0 amide bonds. The lowest BCUT2D eigenvalue weighted by atomic mass is 9.98. The van der Waals surface area contributed by atoms with Gasteiger partial charge in [-0.3, -0.25) is 0 Å². The third-order valence-electron chi connectivity index (χ3n) is 4.06. The van der Waals surface area contributed by atoms with Gasteiger partial charge in [-0.2, -0.15) is 0 Å². The molecule has 2 saturated heterocycles. The number of halogens is 2. The number of aliphatic hydroxyl groups is 1. The molecule has 2 aliphatic heterocycles. The molecule has 5 heteroatoms. The molecule has 0 aromatic heterocycles. The van der Waals surface area contributed by atoms with E-state index in [9.17, 15) is 9.50 Å². The molecule has 3 N–H and O–H groups in total. The van der Waals surface area contributed by atoms with Crippen LogP contribution in [-0.4, -0.2) is 23.3 Å². The summed E-state index contributed by atoms with van der Waals surface area (Å²) in [6.45, 7) is 0. The smallest absolute Gasteiger partial charge is 0.144 e. The van der Waals surface area contributed by atoms with E-state index in [2.05, 4.69) is 4.90 Å². The van der Waals surface area contributed by atoms with Crippen molar-refractivity contribution in [3.05, 3.63) is 23.0 Å². The topological polar surface area (TPSA) is 49.5 Å². The summed E-state index contributed by atoms with van der Waals surface area (Å²) >= 11 is 5.72. The van der Waals surface area contributed by atoms with E-state index in [1.54, 1.807) is 0 Å². The molecule has 2 aliphatic rings. The van der Waals surface area contributed by atoms with E-state index in [0.29, 0.717) is 5.69 Å². The van der Waals surface area contributed by atoms with Crippen molar-refractivity contribution in [1.82, 2.24) is 0 Å². The molecule has 2 bridgehead atoms. The van der Waals surface area contributed by atoms with Crippen molar-refractivity contribution in [1.29, 1.82) is 0 Å². The Morgan fingerprint density at radius 3 is 2.50 bits per heavy atom. The first kappa shape index (κ1) is 12.1. The molecule has 0 aliphatic carbocycles. The van der Waals surface area contributed by atoms with E-state index in [1.165, 1.54) is 12.1 Å². The van der Waals surface area contributed by atoms with Crippen molar-refractivity contribution in [3.63, 3.8) is 0 Å². The minimum absolute atomic E-state index is 0.0561. The molecule has 0 spiro atoms. The first-order chi connectivity index (χ1) is 8.56. The van der Waals surface area contributed by atoms with Crippen molar-refractivity contribution in [2.45, 2.75) is 43.9 Å². The maximum atomic E-state index is 13.6. The summed E-state index contributed by atoms with van der Waals surface area (Å²) in [4.78, 5) is 2.17. The predicted octanol–water partition coefficient (Wildman–Crippen LogP) is 2.55. The first-order valence-corrected chi connectivity index (χ1v) is 6.65. The Kier molecular flexibility index (Phi) is 2.87. The number of hydrogen-bond donors (Lipinski definition) is 2. The standard InChI is InChI=1S/C13H16ClFN2O/c14-10-5-12(16)13(6-11(10)15)17-7-1-2-8(17)4-9(18)3-7/h5-9,18H,1-4,16H2. The van der Waals surface area contributed by atoms with Crippen molar-refractivity contribution < 1.29 is 9.50 Å². The fourth-order valence-corrected chi connectivity index (χ4v) is 3.49. The molecule has 1 aromatic rings. The number of nitrogen functional groups attached to an aromatic ring is 1. The number of rotatable bonds is 1. The zero-order valence-electron chi connectivity index (χ0n) is 9.94. The van der Waals surface area contributed by atoms with Gasteiger partial charge in [-0.15, -0.1) is 0 Å². The van der Waals surface area contributed by atoms with Gasteiger partial charge in [0, 0.05) is 18.2 Å². The number of aliphatic hydroxyl groups excluding tert-OH is 1. The fraction of sp³-hybridized carbons (Fsp3) is 0.538. The minimum atomic E-state index is -0.439. The zero-order valence-corrected chi connectivity index (χ0v) is 10.7. The number of nitrogens with two attached hydrogens (primary N) is 1. The van der Waals surface area contributed by atoms with Crippen LogP contribution in [0.25, 0.3) is 0 Å². The van der Waals surface area contributed by atoms with Crippen LogP contribution in [0, 0.1) is 5.82 Å². The average molecular weight is 271 g/mol. The molecule has 2 fully saturated rings. The fourth-order valence-electron chi connectivity index (χ4n) is 3.32. The number of benzene rings is 1. The Labute approximate surface area is 110 Å². The molecule has 2 unspecified atom stereocenters. The highest BCUT2D eigenvalue weighted by Crippen LogP contribution is 2.42. The highest BCUT2D eigenvalue weighted by molar-refractivity contribution is 6.31. The van der Waals surface area contributed by atoms with Crippen LogP contribution in [0.2, 0.25) is 5.02 Å². The second-order valence-electron chi connectivity index (χ2n) is 5.24. The maximum absolute atomic E-state index is 13.6. The monoisotopic (exact) mass is 270 g/mol. The van der Waals surface area contributed by atoms with E-state index in [0.717, 1.165) is 31.4 Å². The molecular weight excluding hydrogens is 255 g/mol. The first-order valence-electron chi connectivity index (χ1n) is 6.27. The average Bonchev–Trinajstić information content (AvgIpc) is 2.56. The van der Waals surface area contributed by atoms with E-state index < -0.39 is 5.82 Å². The summed E-state index contributed by atoms with van der Waals surface area (Å²) in [6, 6.07) is 3.42. The number of fused-ring (bicyclic) bond motifs is 2. The molecule has 3 rings (SSSR count). The van der Waals surface area contributed by atoms with E-state index in [-0.39, 0.29) is 23.2 Å². The van der Waals surface area contributed by atoms with Gasteiger partial charge in [0.15, 0.2) is 0 Å². The quantitative estimate of drug-likeness (QED) is 0.771. The van der Waals surface area contributed by atoms with Gasteiger partial charge in [0.25, 0.3) is 0 Å². The van der Waals surface area contributed by atoms with Crippen molar-refractivity contribution in [2.24, 2.45) is 0 Å². The summed E-state index contributed by atoms with van der Waals surface area (Å²) < 4.78 is 13.6. The summed E-state index contributed by atoms with van der Waals surface area (Å²) in [5, 5.41) is 9.83. The summed E-state index contributed by atoms with van der Waals surface area (Å²) in [6.07, 6.45) is 3.30. The maximum Gasteiger partial charge on any atom is 0.144 e. The van der Waals surface area contributed by atoms with Crippen molar-refractivity contribution in [3.8, 4) is 0 Å². The van der Waals surface area contributed by atoms with Gasteiger partial charge in [0.2, 0.25) is 0 Å². The number of nitrogens with zero attached hydrogens (tertiary/aromatic N) is 1. The van der Waals surface area contributed by atoms with Crippen LogP contribution < -0.4 is 10.6 Å². The molecule has 98 valence electrons. The van der Waals surface area contributed by atoms with E-state index >= 15 is 0 Å². The normalized spacial score (nSPS) is 30.8. The number of piperidine rings is 1. The number of anilines is 2. The summed E-state index contributed by atoms with van der Waals surface area (Å²) in [7, 11) is 0. The predicted molar refractivity (Wildman–Crippen MR) is 70.4 cm³/mol. The van der Waals surface area contributed by atoms with Crippen molar-refractivity contribution >= 4 is 23.0 Å². The number of hydrogen-bond acceptors (Lipinski definition) is 3. The van der Waals surface area contributed by atoms with E-state index in [4.69, 9.17) is 17.3 Å². The summed E-state index contributed by atoms with van der Waals surface area (Å²) in [5.74, 6) is -0.439. The van der Waals surface area contributed by atoms with Crippen LogP contribution in [0.5, 0.6) is 0 Å². The lowest BCUT2D eigenvalue weighted by molar-refractivity contribution is 0.126. The lowest BCUT2D eigenvalue weighted by Crippen LogP contribution is -2.45. The zero-order chi connectivity index (χ0) is 12.9. The molecular formula is C13H16ClFN2O. The molecule has 3 nitrogen and oxygen atoms in total. The van der Waals surface area contributed by atoms with Crippen LogP contribution in [0.1, 0.15) is 25.7 Å². The minimum Gasteiger partial charge on any atom is -0.397 e. The van der Waals surface area contributed by atoms with Gasteiger partial charge in [-0.1, -0.05) is 11.6 Å². The van der Waals surface area contributed by atoms with Crippen LogP contribution >= 0.6 is 11.6 Å². The van der Waals surface area contributed by atoms with Crippen molar-refractivity contribution in [2.75, 3.05) is 10.6 Å². The SMILES string of the molecule is Nc1cc(Cl)c(F)cc1N1C2CCC1CC(O)C2. The van der Waals surface area contributed by atoms with Crippen LogP contribution in [0.3, 0.4) is 0 Å². The molecule has 0 saturated carbocycles. The van der Waals surface area contributed by atoms with Gasteiger partial charge in [-0.25, -0.2) is 4.39 Å². The third-order valence-corrected chi connectivity index (χ3v) is 4.35. The Bertz CT molecular complexity index is 468. The molecule has 1 aromatic carbocycles. The molecule has 0 radical (unpaired) electrons. The van der Waals surface area contributed by atoms with Gasteiger partial charge in [0.05, 0.1) is 22.5 Å². The van der Waals surface area contributed by atoms with Gasteiger partial charge < -0.3 is 15.7 Å². The lowest BCUT2D eigenvalue weighted by Gasteiger charge is -2.39. The van der Waals surface area contributed by atoms with Gasteiger partial charge >= 0.3 is 0 Å². The molecule has 18 heavy (non-hydrogen) atoms. The summed E-state index contributed by atoms with van der Waals surface area (Å²) in [5.41, 5.74) is 7.18. The van der Waals surface area contributed by atoms with Crippen LogP contribution in [0.15, 0.2) is 12.1 Å². The third kappa shape index (κ3) is 1.84. The van der Waals surface area contributed by atoms with Crippen LogP contribution in [0.4, 0.5) is 15.8 Å². The largest absolute Gasteiger partial charge is 0.397 e. The second kappa shape index (κ2) is 4.28.